The number of aryl methyl sites for hydroxylation is 1. The molecule has 0 bridgehead atoms. The van der Waals surface area contributed by atoms with Crippen LogP contribution in [0.4, 0.5) is 10.1 Å². The first kappa shape index (κ1) is 13.6. The fourth-order valence-corrected chi connectivity index (χ4v) is 2.14. The summed E-state index contributed by atoms with van der Waals surface area (Å²) in [6.07, 6.45) is 0. The molecule has 2 rings (SSSR count). The van der Waals surface area contributed by atoms with E-state index < -0.39 is 0 Å². The van der Waals surface area contributed by atoms with Gasteiger partial charge in [-0.2, -0.15) is 0 Å². The first-order valence-electron chi connectivity index (χ1n) is 6.46. The Kier molecular flexibility index (Phi) is 4.53. The van der Waals surface area contributed by atoms with Crippen molar-refractivity contribution < 1.29 is 4.39 Å². The maximum Gasteiger partial charge on any atom is 0.146 e. The second kappa shape index (κ2) is 6.34. The average molecular weight is 258 g/mol. The van der Waals surface area contributed by atoms with Crippen molar-refractivity contribution in [1.82, 2.24) is 0 Å². The SMILES string of the molecule is Cc1ccccc1CN(CCN)c1ccccc1F. The lowest BCUT2D eigenvalue weighted by molar-refractivity contribution is 0.616. The van der Waals surface area contributed by atoms with Crippen molar-refractivity contribution >= 4 is 5.69 Å². The smallest absolute Gasteiger partial charge is 0.146 e. The third-order valence-corrected chi connectivity index (χ3v) is 3.21. The van der Waals surface area contributed by atoms with Crippen LogP contribution in [-0.2, 0) is 6.54 Å². The number of nitrogens with two attached hydrogens (primary N) is 1. The molecule has 0 radical (unpaired) electrons. The zero-order valence-corrected chi connectivity index (χ0v) is 11.1. The molecule has 0 aromatic heterocycles. The molecular formula is C16H19FN2. The molecule has 0 aliphatic heterocycles. The van der Waals surface area contributed by atoms with E-state index in [1.165, 1.54) is 17.2 Å². The molecule has 0 amide bonds. The van der Waals surface area contributed by atoms with Gasteiger partial charge in [0, 0.05) is 19.6 Å². The van der Waals surface area contributed by atoms with Crippen LogP contribution in [0.25, 0.3) is 0 Å². The summed E-state index contributed by atoms with van der Waals surface area (Å²) in [6.45, 7) is 3.87. The van der Waals surface area contributed by atoms with Crippen LogP contribution in [0.15, 0.2) is 48.5 Å². The highest BCUT2D eigenvalue weighted by atomic mass is 19.1. The van der Waals surface area contributed by atoms with Crippen LogP contribution in [0, 0.1) is 12.7 Å². The van der Waals surface area contributed by atoms with Gasteiger partial charge in [0.15, 0.2) is 0 Å². The summed E-state index contributed by atoms with van der Waals surface area (Å²) in [5, 5.41) is 0. The predicted octanol–water partition coefficient (Wildman–Crippen LogP) is 3.10. The van der Waals surface area contributed by atoms with Crippen molar-refractivity contribution in [3.05, 3.63) is 65.5 Å². The molecule has 3 heteroatoms. The maximum atomic E-state index is 13.9. The van der Waals surface area contributed by atoms with Gasteiger partial charge in [-0.05, 0) is 30.2 Å². The minimum absolute atomic E-state index is 0.204. The van der Waals surface area contributed by atoms with E-state index in [1.807, 2.05) is 23.1 Å². The highest BCUT2D eigenvalue weighted by Crippen LogP contribution is 2.21. The third kappa shape index (κ3) is 3.32. The molecule has 19 heavy (non-hydrogen) atoms. The number of hydrogen-bond acceptors (Lipinski definition) is 2. The van der Waals surface area contributed by atoms with Crippen molar-refractivity contribution in [2.45, 2.75) is 13.5 Å². The highest BCUT2D eigenvalue weighted by molar-refractivity contribution is 5.48. The monoisotopic (exact) mass is 258 g/mol. The van der Waals surface area contributed by atoms with E-state index in [2.05, 4.69) is 19.1 Å². The molecule has 0 fully saturated rings. The highest BCUT2D eigenvalue weighted by Gasteiger charge is 2.11. The largest absolute Gasteiger partial charge is 0.364 e. The lowest BCUT2D eigenvalue weighted by Crippen LogP contribution is -2.29. The van der Waals surface area contributed by atoms with Crippen LogP contribution in [0.3, 0.4) is 0 Å². The summed E-state index contributed by atoms with van der Waals surface area (Å²) >= 11 is 0. The van der Waals surface area contributed by atoms with Gasteiger partial charge in [-0.25, -0.2) is 4.39 Å². The van der Waals surface area contributed by atoms with Crippen molar-refractivity contribution in [3.63, 3.8) is 0 Å². The van der Waals surface area contributed by atoms with E-state index in [0.717, 1.165) is 0 Å². The van der Waals surface area contributed by atoms with E-state index in [1.54, 1.807) is 12.1 Å². The fourth-order valence-electron chi connectivity index (χ4n) is 2.14. The second-order valence-electron chi connectivity index (χ2n) is 4.59. The maximum absolute atomic E-state index is 13.9. The first-order chi connectivity index (χ1) is 9.22. The lowest BCUT2D eigenvalue weighted by atomic mass is 10.1. The van der Waals surface area contributed by atoms with Crippen molar-refractivity contribution in [2.24, 2.45) is 5.73 Å². The minimum Gasteiger partial charge on any atom is -0.364 e. The Balaban J connectivity index is 2.27. The number of benzene rings is 2. The Morgan fingerprint density at radius 3 is 2.42 bits per heavy atom. The van der Waals surface area contributed by atoms with E-state index in [-0.39, 0.29) is 5.82 Å². The van der Waals surface area contributed by atoms with Gasteiger partial charge in [0.25, 0.3) is 0 Å². The quantitative estimate of drug-likeness (QED) is 0.893. The zero-order chi connectivity index (χ0) is 13.7. The molecule has 0 saturated heterocycles. The summed E-state index contributed by atoms with van der Waals surface area (Å²) in [4.78, 5) is 1.98. The normalized spacial score (nSPS) is 10.5. The zero-order valence-electron chi connectivity index (χ0n) is 11.1. The van der Waals surface area contributed by atoms with E-state index in [9.17, 15) is 4.39 Å². The molecular weight excluding hydrogens is 239 g/mol. The standard InChI is InChI=1S/C16H19FN2/c1-13-6-2-3-7-14(13)12-19(11-10-18)16-9-5-4-8-15(16)17/h2-9H,10-12,18H2,1H3. The Labute approximate surface area is 113 Å². The van der Waals surface area contributed by atoms with Crippen LogP contribution in [0.5, 0.6) is 0 Å². The van der Waals surface area contributed by atoms with Gasteiger partial charge in [-0.1, -0.05) is 36.4 Å². The molecule has 0 saturated carbocycles. The molecule has 2 aromatic rings. The van der Waals surface area contributed by atoms with Gasteiger partial charge in [0.05, 0.1) is 5.69 Å². The minimum atomic E-state index is -0.204. The Morgan fingerprint density at radius 2 is 1.74 bits per heavy atom. The molecule has 2 nitrogen and oxygen atoms in total. The third-order valence-electron chi connectivity index (χ3n) is 3.21. The Morgan fingerprint density at radius 1 is 1.05 bits per heavy atom. The molecule has 0 atom stereocenters. The van der Waals surface area contributed by atoms with Gasteiger partial charge in [0.2, 0.25) is 0 Å². The van der Waals surface area contributed by atoms with E-state index >= 15 is 0 Å². The summed E-state index contributed by atoms with van der Waals surface area (Å²) in [7, 11) is 0. The molecule has 0 aliphatic rings. The first-order valence-corrected chi connectivity index (χ1v) is 6.46. The number of rotatable bonds is 5. The Hall–Kier alpha value is -1.87. The summed E-state index contributed by atoms with van der Waals surface area (Å²) in [5.41, 5.74) is 8.65. The fraction of sp³-hybridized carbons (Fsp3) is 0.250. The Bertz CT molecular complexity index is 540. The molecule has 0 spiro atoms. The number of para-hydroxylation sites is 1. The van der Waals surface area contributed by atoms with Gasteiger partial charge in [-0.3, -0.25) is 0 Å². The number of anilines is 1. The van der Waals surface area contributed by atoms with Gasteiger partial charge in [-0.15, -0.1) is 0 Å². The number of nitrogens with zero attached hydrogens (tertiary/aromatic N) is 1. The summed E-state index contributed by atoms with van der Waals surface area (Å²) in [5.74, 6) is -0.204. The molecule has 100 valence electrons. The van der Waals surface area contributed by atoms with Crippen molar-refractivity contribution in [1.29, 1.82) is 0 Å². The van der Waals surface area contributed by atoms with E-state index in [0.29, 0.717) is 25.3 Å². The van der Waals surface area contributed by atoms with Crippen LogP contribution >= 0.6 is 0 Å². The van der Waals surface area contributed by atoms with E-state index in [4.69, 9.17) is 5.73 Å². The van der Waals surface area contributed by atoms with Crippen molar-refractivity contribution in [2.75, 3.05) is 18.0 Å². The predicted molar refractivity (Wildman–Crippen MR) is 77.7 cm³/mol. The molecule has 2 N–H and O–H groups in total. The van der Waals surface area contributed by atoms with Gasteiger partial charge < -0.3 is 10.6 Å². The number of hydrogen-bond donors (Lipinski definition) is 1. The van der Waals surface area contributed by atoms with Crippen LogP contribution in [0.2, 0.25) is 0 Å². The second-order valence-corrected chi connectivity index (χ2v) is 4.59. The lowest BCUT2D eigenvalue weighted by Gasteiger charge is -2.25. The van der Waals surface area contributed by atoms with Crippen LogP contribution in [-0.4, -0.2) is 13.1 Å². The molecule has 0 heterocycles. The van der Waals surface area contributed by atoms with Crippen molar-refractivity contribution in [3.8, 4) is 0 Å². The van der Waals surface area contributed by atoms with Gasteiger partial charge in [0.1, 0.15) is 5.82 Å². The van der Waals surface area contributed by atoms with Crippen LogP contribution < -0.4 is 10.6 Å². The molecule has 0 aliphatic carbocycles. The topological polar surface area (TPSA) is 29.3 Å². The number of halogens is 1. The van der Waals surface area contributed by atoms with Gasteiger partial charge >= 0.3 is 0 Å². The average Bonchev–Trinajstić information content (AvgIpc) is 2.41. The van der Waals surface area contributed by atoms with Crippen LogP contribution in [0.1, 0.15) is 11.1 Å². The molecule has 0 unspecified atom stereocenters. The summed E-state index contributed by atoms with van der Waals surface area (Å²) in [6, 6.07) is 15.0. The molecule has 2 aromatic carbocycles. The summed E-state index contributed by atoms with van der Waals surface area (Å²) < 4.78 is 13.9.